The van der Waals surface area contributed by atoms with E-state index in [0.29, 0.717) is 0 Å². The summed E-state index contributed by atoms with van der Waals surface area (Å²) in [6.07, 6.45) is 0. The number of hydrogen-bond donors (Lipinski definition) is 0. The predicted octanol–water partition coefficient (Wildman–Crippen LogP) is 2.80. The van der Waals surface area contributed by atoms with E-state index in [1.807, 2.05) is 0 Å². The zero-order chi connectivity index (χ0) is 12.5. The molecular formula is C8H6BrClF2O3S. The smallest absolute Gasteiger partial charge is 0.237 e. The van der Waals surface area contributed by atoms with E-state index < -0.39 is 37.8 Å². The molecule has 0 saturated carbocycles. The van der Waals surface area contributed by atoms with Gasteiger partial charge in [0.1, 0.15) is 5.82 Å². The highest BCUT2D eigenvalue weighted by molar-refractivity contribution is 9.10. The Hall–Kier alpha value is -0.400. The molecule has 1 rings (SSSR count). The van der Waals surface area contributed by atoms with Crippen LogP contribution in [0.5, 0.6) is 5.75 Å². The Morgan fingerprint density at radius 2 is 2.06 bits per heavy atom. The Kier molecular flexibility index (Phi) is 4.14. The van der Waals surface area contributed by atoms with Gasteiger partial charge in [-0.1, -0.05) is 0 Å². The van der Waals surface area contributed by atoms with Crippen molar-refractivity contribution >= 4 is 35.7 Å². The molecule has 8 heteroatoms. The van der Waals surface area contributed by atoms with Crippen LogP contribution in [0, 0.1) is 11.6 Å². The number of hydrogen-bond acceptors (Lipinski definition) is 3. The van der Waals surface area contributed by atoms with E-state index in [4.69, 9.17) is 10.7 Å². The molecular weight excluding hydrogens is 330 g/mol. The van der Waals surface area contributed by atoms with Crippen molar-refractivity contribution < 1.29 is 21.9 Å². The number of benzene rings is 1. The van der Waals surface area contributed by atoms with Gasteiger partial charge in [0.25, 0.3) is 0 Å². The molecule has 0 unspecified atom stereocenters. The predicted molar refractivity (Wildman–Crippen MR) is 59.1 cm³/mol. The minimum Gasteiger partial charge on any atom is -0.493 e. The zero-order valence-corrected chi connectivity index (χ0v) is 11.1. The van der Waals surface area contributed by atoms with Gasteiger partial charge < -0.3 is 4.74 Å². The van der Waals surface area contributed by atoms with Gasteiger partial charge in [-0.25, -0.2) is 17.2 Å². The standard InChI is InChI=1S/C8H6BrClF2O3S/c1-15-8-4(3-16(10,13)14)7(12)5(9)2-6(8)11/h2H,3H2,1H3. The fourth-order valence-corrected chi connectivity index (χ4v) is 2.52. The van der Waals surface area contributed by atoms with Crippen molar-refractivity contribution in [3.8, 4) is 5.75 Å². The quantitative estimate of drug-likeness (QED) is 0.630. The zero-order valence-electron chi connectivity index (χ0n) is 7.93. The average molecular weight is 336 g/mol. The van der Waals surface area contributed by atoms with E-state index in [9.17, 15) is 17.2 Å². The molecule has 0 amide bonds. The summed E-state index contributed by atoms with van der Waals surface area (Å²) in [5.41, 5.74) is -0.440. The fraction of sp³-hybridized carbons (Fsp3) is 0.250. The molecule has 90 valence electrons. The molecule has 0 aliphatic heterocycles. The molecule has 3 nitrogen and oxygen atoms in total. The van der Waals surface area contributed by atoms with Gasteiger partial charge in [0.15, 0.2) is 11.6 Å². The van der Waals surface area contributed by atoms with Gasteiger partial charge in [0.2, 0.25) is 9.05 Å². The van der Waals surface area contributed by atoms with Crippen molar-refractivity contribution in [1.29, 1.82) is 0 Å². The first-order valence-electron chi connectivity index (χ1n) is 3.89. The largest absolute Gasteiger partial charge is 0.493 e. The van der Waals surface area contributed by atoms with Gasteiger partial charge in [-0.3, -0.25) is 0 Å². The van der Waals surface area contributed by atoms with Gasteiger partial charge in [0, 0.05) is 10.7 Å². The van der Waals surface area contributed by atoms with Crippen molar-refractivity contribution in [3.05, 3.63) is 27.7 Å². The van der Waals surface area contributed by atoms with Crippen molar-refractivity contribution in [2.75, 3.05) is 7.11 Å². The van der Waals surface area contributed by atoms with Crippen LogP contribution in [0.4, 0.5) is 8.78 Å². The van der Waals surface area contributed by atoms with Gasteiger partial charge in [-0.15, -0.1) is 0 Å². The van der Waals surface area contributed by atoms with Gasteiger partial charge >= 0.3 is 0 Å². The van der Waals surface area contributed by atoms with Crippen LogP contribution in [0.3, 0.4) is 0 Å². The maximum absolute atomic E-state index is 13.5. The second-order valence-electron chi connectivity index (χ2n) is 2.85. The van der Waals surface area contributed by atoms with Gasteiger partial charge in [-0.05, 0) is 22.0 Å². The fourth-order valence-electron chi connectivity index (χ4n) is 1.15. The number of halogens is 4. The lowest BCUT2D eigenvalue weighted by molar-refractivity contribution is 0.377. The van der Waals surface area contributed by atoms with Crippen LogP contribution < -0.4 is 4.74 Å². The summed E-state index contributed by atoms with van der Waals surface area (Å²) in [4.78, 5) is 0. The SMILES string of the molecule is COc1c(F)cc(Br)c(F)c1CS(=O)(=O)Cl. The van der Waals surface area contributed by atoms with Crippen LogP contribution in [0.2, 0.25) is 0 Å². The number of ether oxygens (including phenoxy) is 1. The first-order valence-corrected chi connectivity index (χ1v) is 7.16. The van der Waals surface area contributed by atoms with Gasteiger partial charge in [0.05, 0.1) is 22.9 Å². The summed E-state index contributed by atoms with van der Waals surface area (Å²) in [6.45, 7) is 0. The minimum atomic E-state index is -4.00. The third-order valence-electron chi connectivity index (χ3n) is 1.74. The van der Waals surface area contributed by atoms with Crippen LogP contribution in [-0.4, -0.2) is 15.5 Å². The third-order valence-corrected chi connectivity index (χ3v) is 3.28. The second kappa shape index (κ2) is 4.85. The summed E-state index contributed by atoms with van der Waals surface area (Å²) in [7, 11) is 2.09. The van der Waals surface area contributed by atoms with E-state index in [2.05, 4.69) is 20.7 Å². The van der Waals surface area contributed by atoms with Crippen LogP contribution in [0.15, 0.2) is 10.5 Å². The Morgan fingerprint density at radius 3 is 2.50 bits per heavy atom. The monoisotopic (exact) mass is 334 g/mol. The maximum atomic E-state index is 13.5. The van der Waals surface area contributed by atoms with E-state index >= 15 is 0 Å². The highest BCUT2D eigenvalue weighted by atomic mass is 79.9. The second-order valence-corrected chi connectivity index (χ2v) is 6.48. The Morgan fingerprint density at radius 1 is 1.50 bits per heavy atom. The molecule has 0 radical (unpaired) electrons. The van der Waals surface area contributed by atoms with E-state index in [0.717, 1.165) is 13.2 Å². The summed E-state index contributed by atoms with van der Waals surface area (Å²) < 4.78 is 53.0. The van der Waals surface area contributed by atoms with Crippen LogP contribution in [0.1, 0.15) is 5.56 Å². The molecule has 0 saturated heterocycles. The van der Waals surface area contributed by atoms with E-state index in [1.54, 1.807) is 0 Å². The Balaban J connectivity index is 3.45. The summed E-state index contributed by atoms with van der Waals surface area (Å²) in [5.74, 6) is -3.10. The Labute approximate surface area is 104 Å². The van der Waals surface area contributed by atoms with Crippen molar-refractivity contribution in [2.45, 2.75) is 5.75 Å². The first kappa shape index (κ1) is 13.7. The van der Waals surface area contributed by atoms with Gasteiger partial charge in [-0.2, -0.15) is 0 Å². The third kappa shape index (κ3) is 3.05. The lowest BCUT2D eigenvalue weighted by Crippen LogP contribution is -2.04. The highest BCUT2D eigenvalue weighted by Gasteiger charge is 2.22. The molecule has 0 N–H and O–H groups in total. The molecule has 0 aliphatic carbocycles. The topological polar surface area (TPSA) is 43.4 Å². The number of rotatable bonds is 3. The van der Waals surface area contributed by atoms with E-state index in [-0.39, 0.29) is 4.47 Å². The number of methoxy groups -OCH3 is 1. The normalized spacial score (nSPS) is 11.6. The highest BCUT2D eigenvalue weighted by Crippen LogP contribution is 2.32. The lowest BCUT2D eigenvalue weighted by Gasteiger charge is -2.10. The van der Waals surface area contributed by atoms with Crippen LogP contribution >= 0.6 is 26.6 Å². The first-order chi connectivity index (χ1) is 7.26. The van der Waals surface area contributed by atoms with E-state index in [1.165, 1.54) is 0 Å². The average Bonchev–Trinajstić information content (AvgIpc) is 2.12. The van der Waals surface area contributed by atoms with Crippen molar-refractivity contribution in [3.63, 3.8) is 0 Å². The van der Waals surface area contributed by atoms with Crippen LogP contribution in [-0.2, 0) is 14.8 Å². The van der Waals surface area contributed by atoms with Crippen LogP contribution in [0.25, 0.3) is 0 Å². The summed E-state index contributed by atoms with van der Waals surface area (Å²) in [5, 5.41) is 0. The summed E-state index contributed by atoms with van der Waals surface area (Å²) >= 11 is 2.76. The molecule has 0 aromatic heterocycles. The maximum Gasteiger partial charge on any atom is 0.237 e. The molecule has 0 heterocycles. The molecule has 0 fully saturated rings. The molecule has 0 aliphatic rings. The lowest BCUT2D eigenvalue weighted by atomic mass is 10.2. The molecule has 0 atom stereocenters. The summed E-state index contributed by atoms with van der Waals surface area (Å²) in [6, 6.07) is 0.846. The Bertz CT molecular complexity index is 519. The minimum absolute atomic E-state index is 0.193. The molecule has 16 heavy (non-hydrogen) atoms. The molecule has 1 aromatic carbocycles. The molecule has 0 spiro atoms. The molecule has 1 aromatic rings. The van der Waals surface area contributed by atoms with Crippen molar-refractivity contribution in [2.24, 2.45) is 0 Å². The van der Waals surface area contributed by atoms with Crippen molar-refractivity contribution in [1.82, 2.24) is 0 Å². The molecule has 0 bridgehead atoms.